The first-order valence-corrected chi connectivity index (χ1v) is 3.55. The van der Waals surface area contributed by atoms with Crippen molar-refractivity contribution in [2.24, 2.45) is 0 Å². The molecule has 0 saturated heterocycles. The van der Waals surface area contributed by atoms with Gasteiger partial charge in [0.2, 0.25) is 0 Å². The molecule has 15 nitrogen and oxygen atoms in total. The molecule has 0 aliphatic heterocycles. The summed E-state index contributed by atoms with van der Waals surface area (Å²) in [5.74, 6) is 0. The minimum absolute atomic E-state index is 0. The molecule has 0 atom stereocenters. The van der Waals surface area contributed by atoms with Crippen molar-refractivity contribution in [2.45, 2.75) is 0 Å². The van der Waals surface area contributed by atoms with Crippen LogP contribution in [0.25, 0.3) is 0 Å². The zero-order valence-electron chi connectivity index (χ0n) is 8.20. The Labute approximate surface area is 129 Å². The summed E-state index contributed by atoms with van der Waals surface area (Å²) in [6, 6.07) is 0. The van der Waals surface area contributed by atoms with E-state index in [0.717, 1.165) is 0 Å². The number of rotatable bonds is 0. The molecule has 0 aromatic rings. The maximum atomic E-state index is 9.19. The minimum atomic E-state index is -3.94. The zero-order chi connectivity index (χ0) is 4.50. The van der Waals surface area contributed by atoms with Gasteiger partial charge in [0.15, 0.2) is 0 Å². The summed E-state index contributed by atoms with van der Waals surface area (Å²) in [6.45, 7) is -3.94. The van der Waals surface area contributed by atoms with E-state index in [0.29, 0.717) is 0 Å². The molecule has 0 saturated carbocycles. The van der Waals surface area contributed by atoms with Crippen LogP contribution in [-0.2, 0) is 4.57 Å². The van der Waals surface area contributed by atoms with Crippen LogP contribution in [0, 0.1) is 0 Å². The van der Waals surface area contributed by atoms with Crippen LogP contribution in [0.1, 0.15) is 0 Å². The van der Waals surface area contributed by atoms with Crippen LogP contribution in [-0.4, -0.2) is 105 Å². The van der Waals surface area contributed by atoms with E-state index in [-0.39, 0.29) is 95.3 Å². The monoisotopic (exact) mass is 354 g/mol. The molecular weight excluding hydrogens is 326 g/mol. The van der Waals surface area contributed by atoms with E-state index in [1.807, 2.05) is 0 Å². The van der Waals surface area contributed by atoms with E-state index in [1.54, 1.807) is 0 Å². The molecule has 0 aliphatic carbocycles. The summed E-state index contributed by atoms with van der Waals surface area (Å²) >= 11 is 2.79. The third kappa shape index (κ3) is 4200. The van der Waals surface area contributed by atoms with Gasteiger partial charge in [0.25, 0.3) is 0 Å². The van der Waals surface area contributed by atoms with Crippen LogP contribution in [0.4, 0.5) is 0 Å². The Balaban J connectivity index is -0.00000000103. The van der Waals surface area contributed by atoms with Crippen LogP contribution in [0.2, 0.25) is 0 Å². The van der Waals surface area contributed by atoms with Crippen molar-refractivity contribution in [3.63, 3.8) is 0 Å². The van der Waals surface area contributed by atoms with Gasteiger partial charge in [-0.3, -0.25) is 0 Å². The van der Waals surface area contributed by atoms with Gasteiger partial charge in [-0.25, -0.2) is 4.57 Å². The Bertz CT molecular complexity index is 62.6. The van der Waals surface area contributed by atoms with Gasteiger partial charge < -0.3 is 75.5 Å². The molecular formula is H28NaO15PS. The fraction of sp³-hybridized carbons (Fsp3) is 0. The van der Waals surface area contributed by atoms with E-state index in [1.165, 1.54) is 0 Å². The molecule has 0 heterocycles. The molecule has 0 aromatic carbocycles. The fourth-order valence-electron chi connectivity index (χ4n) is 0. The Hall–Kier alpha value is 1.02. The summed E-state index contributed by atoms with van der Waals surface area (Å²) < 4.78 is 9.19. The Morgan fingerprint density at radius 2 is 0.556 bits per heavy atom. The van der Waals surface area contributed by atoms with Crippen molar-refractivity contribution >= 4 is 48.6 Å². The van der Waals surface area contributed by atoms with Crippen molar-refractivity contribution in [3.8, 4) is 0 Å². The Kier molecular flexibility index (Phi) is 1440. The molecule has 18 heteroatoms. The normalized spacial score (nSPS) is 3.28. The molecule has 0 spiro atoms. The Morgan fingerprint density at radius 1 is 0.556 bits per heavy atom. The zero-order valence-corrected chi connectivity index (χ0v) is 9.99. The molecule has 0 unspecified atom stereocenters. The fourth-order valence-corrected chi connectivity index (χ4v) is 0. The molecule has 0 fully saturated rings. The van der Waals surface area contributed by atoms with Crippen molar-refractivity contribution in [2.75, 3.05) is 0 Å². The molecule has 0 radical (unpaired) electrons. The van der Waals surface area contributed by atoms with E-state index < -0.39 is 6.80 Å². The second kappa shape index (κ2) is 106. The third-order valence-corrected chi connectivity index (χ3v) is 0. The first kappa shape index (κ1) is 245. The summed E-state index contributed by atoms with van der Waals surface area (Å²) in [4.78, 5) is 15.0. The van der Waals surface area contributed by atoms with Crippen molar-refractivity contribution in [1.29, 1.82) is 0 Å². The molecule has 0 bridgehead atoms. The topological polar surface area (TPSA) is 436 Å². The quantitative estimate of drug-likeness (QED) is 0.216. The number of hydrogen-bond acceptors (Lipinski definition) is 1. The first-order chi connectivity index (χ1) is 2.00. The first-order valence-electron chi connectivity index (χ1n) is 0.783. The van der Waals surface area contributed by atoms with Crippen LogP contribution >= 0.6 is 19.0 Å². The van der Waals surface area contributed by atoms with Gasteiger partial charge >= 0.3 is 36.4 Å². The van der Waals surface area contributed by atoms with Gasteiger partial charge in [0.05, 0.1) is 0 Å². The number of hydrogen-bond donors (Lipinski definition) is 3. The van der Waals surface area contributed by atoms with Gasteiger partial charge in [-0.2, -0.15) is 0 Å². The van der Waals surface area contributed by atoms with Gasteiger partial charge in [0, 0.05) is 0 Å². The summed E-state index contributed by atoms with van der Waals surface area (Å²) in [6.07, 6.45) is 0. The second-order valence-corrected chi connectivity index (χ2v) is 3.10. The molecule has 26 N–H and O–H groups in total. The molecule has 0 aliphatic rings. The van der Waals surface area contributed by atoms with Crippen LogP contribution < -0.4 is 0 Å². The SMILES string of the molecule is O.O.O.O.O.O.O.O.O.O.O.O.O=P(O)(O)S.[NaH]. The van der Waals surface area contributed by atoms with E-state index in [4.69, 9.17) is 9.79 Å². The summed E-state index contributed by atoms with van der Waals surface area (Å²) in [5.41, 5.74) is 0. The van der Waals surface area contributed by atoms with Gasteiger partial charge in [-0.15, -0.1) is 0 Å². The summed E-state index contributed by atoms with van der Waals surface area (Å²) in [5, 5.41) is 0. The van der Waals surface area contributed by atoms with Gasteiger partial charge in [-0.1, -0.05) is 12.2 Å². The standard InChI is InChI=1S/Na.H3O3PS.12H2O.H/c;1-4(2,3)5;;;;;;;;;;;;;/h;(H3,1,2,3,5);12*1H2;. The average molecular weight is 354 g/mol. The van der Waals surface area contributed by atoms with E-state index in [9.17, 15) is 4.57 Å². The Morgan fingerprint density at radius 3 is 0.556 bits per heavy atom. The average Bonchev–Trinajstić information content (AvgIpc) is 0.722. The summed E-state index contributed by atoms with van der Waals surface area (Å²) in [7, 11) is 0. The predicted octanol–water partition coefficient (Wildman–Crippen LogP) is -10.5. The van der Waals surface area contributed by atoms with E-state index >= 15 is 0 Å². The maximum absolute atomic E-state index is 9.19. The van der Waals surface area contributed by atoms with E-state index in [2.05, 4.69) is 12.2 Å². The van der Waals surface area contributed by atoms with Crippen molar-refractivity contribution < 1.29 is 80.1 Å². The molecule has 130 valence electrons. The van der Waals surface area contributed by atoms with Crippen LogP contribution in [0.3, 0.4) is 0 Å². The molecule has 18 heavy (non-hydrogen) atoms. The van der Waals surface area contributed by atoms with Crippen molar-refractivity contribution in [3.05, 3.63) is 0 Å². The van der Waals surface area contributed by atoms with Gasteiger partial charge in [-0.05, 0) is 0 Å². The predicted molar refractivity (Wildman–Crippen MR) is 71.5 cm³/mol. The molecule has 0 amide bonds. The van der Waals surface area contributed by atoms with Gasteiger partial charge in [0.1, 0.15) is 0 Å². The third-order valence-electron chi connectivity index (χ3n) is 0. The molecule has 0 aromatic heterocycles. The van der Waals surface area contributed by atoms with Crippen molar-refractivity contribution in [1.82, 2.24) is 0 Å². The van der Waals surface area contributed by atoms with Crippen LogP contribution in [0.15, 0.2) is 0 Å². The van der Waals surface area contributed by atoms with Crippen LogP contribution in [0.5, 0.6) is 0 Å². The number of thiol groups is 1. The second-order valence-electron chi connectivity index (χ2n) is 0.513. The molecule has 0 rings (SSSR count).